The zero-order chi connectivity index (χ0) is 5.70. The van der Waals surface area contributed by atoms with Crippen molar-refractivity contribution in [2.24, 2.45) is 0 Å². The first kappa shape index (κ1) is 7.35. The SMILES string of the molecule is C=C[I-]ON(C)[O-]. The number of rotatable bonds is 3. The summed E-state index contributed by atoms with van der Waals surface area (Å²) < 4.78 is 6.08. The van der Waals surface area contributed by atoms with Crippen LogP contribution in [0.25, 0.3) is 0 Å². The number of hydrogen-bond donors (Lipinski definition) is 0. The van der Waals surface area contributed by atoms with E-state index in [1.54, 1.807) is 4.08 Å². The molecule has 4 heteroatoms. The molecule has 0 fully saturated rings. The van der Waals surface area contributed by atoms with Crippen LogP contribution in [0, 0.1) is 5.21 Å². The van der Waals surface area contributed by atoms with Crippen LogP contribution in [0.3, 0.4) is 0 Å². The molecule has 0 aromatic heterocycles. The Bertz CT molecular complexity index is 56.9. The molecule has 44 valence electrons. The molecule has 0 aliphatic rings. The minimum atomic E-state index is -0.535. The van der Waals surface area contributed by atoms with Crippen LogP contribution in [0.2, 0.25) is 0 Å². The second kappa shape index (κ2) is 4.51. The Hall–Kier alpha value is 0.350. The van der Waals surface area contributed by atoms with Gasteiger partial charge in [0.2, 0.25) is 0 Å². The van der Waals surface area contributed by atoms with Crippen LogP contribution in [-0.4, -0.2) is 12.3 Å². The van der Waals surface area contributed by atoms with Crippen LogP contribution in [0.1, 0.15) is 0 Å². The van der Waals surface area contributed by atoms with Gasteiger partial charge in [-0.05, 0) is 0 Å². The van der Waals surface area contributed by atoms with Gasteiger partial charge in [0, 0.05) is 0 Å². The first-order valence-electron chi connectivity index (χ1n) is 1.59. The monoisotopic (exact) mass is 215 g/mol. The standard InChI is InChI=1S/C3H6INO2/c1-3-4-7-5(2)6/h3H,1H2,2H3/q-2. The fourth-order valence-corrected chi connectivity index (χ4v) is 0.565. The Morgan fingerprint density at radius 1 is 2.00 bits per heavy atom. The van der Waals surface area contributed by atoms with Gasteiger partial charge in [-0.3, -0.25) is 0 Å². The van der Waals surface area contributed by atoms with Crippen molar-refractivity contribution >= 4 is 0 Å². The summed E-state index contributed by atoms with van der Waals surface area (Å²) in [5.74, 6) is 0. The zero-order valence-corrected chi connectivity index (χ0v) is 6.08. The molecule has 3 nitrogen and oxygen atoms in total. The molecular weight excluding hydrogens is 209 g/mol. The third-order valence-corrected chi connectivity index (χ3v) is 1.34. The summed E-state index contributed by atoms with van der Waals surface area (Å²) in [5, 5.41) is 10.3. The number of nitrogens with zero attached hydrogens (tertiary/aromatic N) is 1. The van der Waals surface area contributed by atoms with E-state index in [1.807, 2.05) is 0 Å². The van der Waals surface area contributed by atoms with Crippen molar-refractivity contribution in [1.82, 2.24) is 5.23 Å². The van der Waals surface area contributed by atoms with E-state index < -0.39 is 21.6 Å². The van der Waals surface area contributed by atoms with Crippen LogP contribution in [0.15, 0.2) is 10.7 Å². The molecule has 0 aliphatic heterocycles. The van der Waals surface area contributed by atoms with Crippen molar-refractivity contribution in [3.8, 4) is 0 Å². The van der Waals surface area contributed by atoms with E-state index in [2.05, 4.69) is 9.75 Å². The van der Waals surface area contributed by atoms with Crippen LogP contribution >= 0.6 is 0 Å². The Morgan fingerprint density at radius 3 is 2.71 bits per heavy atom. The summed E-state index contributed by atoms with van der Waals surface area (Å²) in [6, 6.07) is 0. The topological polar surface area (TPSA) is 35.5 Å². The molecule has 0 aliphatic carbocycles. The maximum atomic E-state index is 9.88. The Morgan fingerprint density at radius 2 is 2.57 bits per heavy atom. The van der Waals surface area contributed by atoms with Crippen LogP contribution in [0.4, 0.5) is 0 Å². The van der Waals surface area contributed by atoms with Crippen molar-refractivity contribution in [3.05, 3.63) is 15.9 Å². The summed E-state index contributed by atoms with van der Waals surface area (Å²) in [7, 11) is 1.31. The first-order chi connectivity index (χ1) is 3.27. The molecule has 0 radical (unpaired) electrons. The predicted octanol–water partition coefficient (Wildman–Crippen LogP) is -2.50. The first-order valence-corrected chi connectivity index (χ1v) is 3.72. The maximum absolute atomic E-state index is 9.88. The fraction of sp³-hybridized carbons (Fsp3) is 0.333. The normalized spacial score (nSPS) is 10.1. The van der Waals surface area contributed by atoms with Gasteiger partial charge in [0.15, 0.2) is 0 Å². The second-order valence-corrected chi connectivity index (χ2v) is 2.54. The van der Waals surface area contributed by atoms with E-state index in [-0.39, 0.29) is 0 Å². The van der Waals surface area contributed by atoms with Crippen molar-refractivity contribution in [1.29, 1.82) is 0 Å². The molecule has 0 unspecified atom stereocenters. The van der Waals surface area contributed by atoms with Gasteiger partial charge in [-0.15, -0.1) is 0 Å². The molecule has 0 atom stereocenters. The molecule has 0 aromatic rings. The molecule has 0 saturated heterocycles. The minimum absolute atomic E-state index is 0.439. The van der Waals surface area contributed by atoms with Crippen molar-refractivity contribution < 1.29 is 24.8 Å². The third-order valence-electron chi connectivity index (χ3n) is 0.200. The Labute approximate surface area is 53.3 Å². The van der Waals surface area contributed by atoms with Gasteiger partial charge in [-0.2, -0.15) is 0 Å². The van der Waals surface area contributed by atoms with Crippen LogP contribution in [0.5, 0.6) is 0 Å². The Balaban J connectivity index is 2.81. The van der Waals surface area contributed by atoms with E-state index in [4.69, 9.17) is 0 Å². The summed E-state index contributed by atoms with van der Waals surface area (Å²) in [5.41, 5.74) is 0. The molecule has 0 saturated carbocycles. The molecule has 0 bridgehead atoms. The Kier molecular flexibility index (Phi) is 4.73. The van der Waals surface area contributed by atoms with E-state index in [0.29, 0.717) is 5.23 Å². The van der Waals surface area contributed by atoms with Crippen LogP contribution in [-0.2, 0) is 3.17 Å². The third kappa shape index (κ3) is 6.35. The zero-order valence-electron chi connectivity index (χ0n) is 3.93. The molecule has 0 amide bonds. The molecule has 0 rings (SSSR count). The fourth-order valence-electron chi connectivity index (χ4n) is 0.0843. The summed E-state index contributed by atoms with van der Waals surface area (Å²) in [6.07, 6.45) is 0. The average molecular weight is 215 g/mol. The second-order valence-electron chi connectivity index (χ2n) is 0.752. The quantitative estimate of drug-likeness (QED) is 0.385. The van der Waals surface area contributed by atoms with Crippen molar-refractivity contribution in [2.45, 2.75) is 0 Å². The van der Waals surface area contributed by atoms with E-state index >= 15 is 0 Å². The van der Waals surface area contributed by atoms with Crippen molar-refractivity contribution in [2.75, 3.05) is 7.05 Å². The van der Waals surface area contributed by atoms with Gasteiger partial charge in [0.25, 0.3) is 0 Å². The van der Waals surface area contributed by atoms with Gasteiger partial charge in [0.05, 0.1) is 0 Å². The predicted molar refractivity (Wildman–Crippen MR) is 22.4 cm³/mol. The summed E-state index contributed by atoms with van der Waals surface area (Å²) in [6.45, 7) is 3.39. The van der Waals surface area contributed by atoms with Crippen LogP contribution < -0.4 is 21.6 Å². The van der Waals surface area contributed by atoms with Gasteiger partial charge in [-0.1, -0.05) is 0 Å². The average Bonchev–Trinajstić information content (AvgIpc) is 1.61. The van der Waals surface area contributed by atoms with E-state index in [0.717, 1.165) is 0 Å². The number of halogens is 1. The number of hydrogen-bond acceptors (Lipinski definition) is 3. The van der Waals surface area contributed by atoms with Gasteiger partial charge in [-0.25, -0.2) is 0 Å². The van der Waals surface area contributed by atoms with Crippen molar-refractivity contribution in [3.63, 3.8) is 0 Å². The van der Waals surface area contributed by atoms with Gasteiger partial charge >= 0.3 is 52.9 Å². The molecule has 0 spiro atoms. The van der Waals surface area contributed by atoms with E-state index in [1.165, 1.54) is 7.05 Å². The molecule has 0 N–H and O–H groups in total. The molecular formula is C3H6INO2-2. The summed E-state index contributed by atoms with van der Waals surface area (Å²) >= 11 is -0.535. The van der Waals surface area contributed by atoms with Gasteiger partial charge in [0.1, 0.15) is 0 Å². The van der Waals surface area contributed by atoms with E-state index in [9.17, 15) is 5.21 Å². The molecule has 0 heterocycles. The number of hydroxylamine groups is 2. The molecule has 0 aromatic carbocycles. The van der Waals surface area contributed by atoms with Gasteiger partial charge < -0.3 is 0 Å². The summed E-state index contributed by atoms with van der Waals surface area (Å²) in [4.78, 5) is 0. The molecule has 7 heavy (non-hydrogen) atoms.